The van der Waals surface area contributed by atoms with E-state index in [1.54, 1.807) is 11.8 Å². The Morgan fingerprint density at radius 3 is 1.85 bits per heavy atom. The van der Waals surface area contributed by atoms with E-state index in [4.69, 9.17) is 5.73 Å². The van der Waals surface area contributed by atoms with Gasteiger partial charge in [0.15, 0.2) is 0 Å². The van der Waals surface area contributed by atoms with E-state index in [1.807, 2.05) is 53.8 Å². The molecule has 3 aromatic rings. The Balaban J connectivity index is 0. The van der Waals surface area contributed by atoms with Crippen molar-refractivity contribution in [1.29, 1.82) is 0 Å². The van der Waals surface area contributed by atoms with E-state index in [9.17, 15) is 0 Å². The number of benzene rings is 2. The monoisotopic (exact) mass is 712 g/mol. The molecule has 52 heavy (non-hydrogen) atoms. The molecular formula is C49H81N3. The molecule has 0 spiro atoms. The van der Waals surface area contributed by atoms with E-state index in [2.05, 4.69) is 115 Å². The van der Waals surface area contributed by atoms with Crippen LogP contribution >= 0.6 is 0 Å². The molecule has 0 amide bonds. The van der Waals surface area contributed by atoms with Gasteiger partial charge in [-0.25, -0.2) is 0 Å². The van der Waals surface area contributed by atoms with Crippen molar-refractivity contribution in [3.63, 3.8) is 0 Å². The van der Waals surface area contributed by atoms with Crippen LogP contribution in [0.1, 0.15) is 172 Å². The number of nitrogens with two attached hydrogens (primary N) is 1. The first-order valence-corrected chi connectivity index (χ1v) is 20.7. The van der Waals surface area contributed by atoms with Crippen LogP contribution in [0.25, 0.3) is 11.1 Å². The van der Waals surface area contributed by atoms with E-state index >= 15 is 0 Å². The van der Waals surface area contributed by atoms with Crippen LogP contribution in [-0.2, 0) is 25.7 Å². The topological polar surface area (TPSA) is 51.3 Å². The maximum atomic E-state index is 5.72. The zero-order chi connectivity index (χ0) is 40.1. The highest BCUT2D eigenvalue weighted by molar-refractivity contribution is 6.22. The molecule has 1 aromatic heterocycles. The third-order valence-corrected chi connectivity index (χ3v) is 8.72. The van der Waals surface area contributed by atoms with Crippen LogP contribution in [0.3, 0.4) is 0 Å². The summed E-state index contributed by atoms with van der Waals surface area (Å²) in [6.07, 6.45) is 16.1. The molecule has 0 unspecified atom stereocenters. The molecule has 0 aliphatic heterocycles. The summed E-state index contributed by atoms with van der Waals surface area (Å²) in [5, 5.41) is 0. The molecule has 1 saturated carbocycles. The highest BCUT2D eigenvalue weighted by Gasteiger charge is 2.12. The van der Waals surface area contributed by atoms with Gasteiger partial charge in [0.1, 0.15) is 0 Å². The highest BCUT2D eigenvalue weighted by Crippen LogP contribution is 2.26. The lowest BCUT2D eigenvalue weighted by Gasteiger charge is -2.10. The van der Waals surface area contributed by atoms with Crippen molar-refractivity contribution in [1.82, 2.24) is 4.98 Å². The summed E-state index contributed by atoms with van der Waals surface area (Å²) in [6, 6.07) is 15.7. The molecule has 1 aliphatic carbocycles. The van der Waals surface area contributed by atoms with Crippen LogP contribution in [-0.4, -0.2) is 17.2 Å². The van der Waals surface area contributed by atoms with Gasteiger partial charge in [-0.3, -0.25) is 9.98 Å². The van der Waals surface area contributed by atoms with Gasteiger partial charge in [-0.2, -0.15) is 0 Å². The Hall–Kier alpha value is -3.46. The van der Waals surface area contributed by atoms with Gasteiger partial charge in [0, 0.05) is 30.2 Å². The summed E-state index contributed by atoms with van der Waals surface area (Å²) < 4.78 is 0. The fourth-order valence-electron chi connectivity index (χ4n) is 5.30. The minimum Gasteiger partial charge on any atom is -0.404 e. The Kier molecular flexibility index (Phi) is 30.3. The average Bonchev–Trinajstić information content (AvgIpc) is 3.95. The van der Waals surface area contributed by atoms with Gasteiger partial charge < -0.3 is 5.73 Å². The lowest BCUT2D eigenvalue weighted by molar-refractivity contribution is 0.787. The second kappa shape index (κ2) is 31.1. The average molecular weight is 712 g/mol. The van der Waals surface area contributed by atoms with Crippen molar-refractivity contribution in [2.24, 2.45) is 16.6 Å². The van der Waals surface area contributed by atoms with Gasteiger partial charge in [0.05, 0.1) is 5.69 Å². The molecule has 1 fully saturated rings. The van der Waals surface area contributed by atoms with Crippen molar-refractivity contribution in [2.75, 3.05) is 6.54 Å². The van der Waals surface area contributed by atoms with E-state index in [1.165, 1.54) is 79.2 Å². The molecule has 2 aromatic carbocycles. The molecule has 4 rings (SSSR count). The molecule has 2 N–H and O–H groups in total. The SMILES string of the molecule is C=C(C)c1cnc(/C(=C/N)C(C)=NCCC)cc1C.CC.CC.CC1CC1.CCCCc1ccc(C)cc1CC.CCCc1ccc(CC)cc1C. The predicted molar refractivity (Wildman–Crippen MR) is 239 cm³/mol. The molecular weight excluding hydrogens is 631 g/mol. The van der Waals surface area contributed by atoms with E-state index in [-0.39, 0.29) is 0 Å². The molecule has 0 atom stereocenters. The smallest absolute Gasteiger partial charge is 0.0737 e. The maximum absolute atomic E-state index is 5.72. The zero-order valence-corrected chi connectivity index (χ0v) is 36.7. The first-order valence-electron chi connectivity index (χ1n) is 20.7. The summed E-state index contributed by atoms with van der Waals surface area (Å²) in [6.45, 7) is 36.5. The Morgan fingerprint density at radius 1 is 0.788 bits per heavy atom. The maximum Gasteiger partial charge on any atom is 0.0737 e. The van der Waals surface area contributed by atoms with Crippen molar-refractivity contribution in [3.05, 3.63) is 112 Å². The minimum absolute atomic E-state index is 0.812. The Labute approximate surface area is 323 Å². The van der Waals surface area contributed by atoms with Gasteiger partial charge in [0.25, 0.3) is 0 Å². The van der Waals surface area contributed by atoms with Crippen LogP contribution in [0.4, 0.5) is 0 Å². The van der Waals surface area contributed by atoms with Gasteiger partial charge >= 0.3 is 0 Å². The van der Waals surface area contributed by atoms with E-state index < -0.39 is 0 Å². The number of unbranched alkanes of at least 4 members (excludes halogenated alkanes) is 1. The molecule has 0 bridgehead atoms. The Bertz CT molecular complexity index is 1440. The summed E-state index contributed by atoms with van der Waals surface area (Å²) in [4.78, 5) is 8.96. The quantitative estimate of drug-likeness (QED) is 0.190. The summed E-state index contributed by atoms with van der Waals surface area (Å²) in [5.74, 6) is 1.08. The fraction of sp³-hybridized carbons (Fsp3) is 0.551. The largest absolute Gasteiger partial charge is 0.404 e. The number of hydrogen-bond acceptors (Lipinski definition) is 3. The first kappa shape index (κ1) is 50.6. The molecule has 0 saturated heterocycles. The second-order valence-electron chi connectivity index (χ2n) is 13.5. The van der Waals surface area contributed by atoms with Crippen LogP contribution in [0.15, 0.2) is 66.4 Å². The van der Waals surface area contributed by atoms with Gasteiger partial charge in [-0.05, 0) is 130 Å². The first-order chi connectivity index (χ1) is 24.9. The number of aliphatic imine (C=N–C) groups is 1. The third kappa shape index (κ3) is 21.2. The number of aromatic nitrogens is 1. The normalized spacial score (nSPS) is 11.8. The molecule has 0 radical (unpaired) electrons. The number of allylic oxidation sites excluding steroid dienone is 2. The molecule has 1 heterocycles. The van der Waals surface area contributed by atoms with Crippen molar-refractivity contribution in [3.8, 4) is 0 Å². The lowest BCUT2D eigenvalue weighted by Crippen LogP contribution is -2.04. The van der Waals surface area contributed by atoms with Gasteiger partial charge in [-0.1, -0.05) is 143 Å². The second-order valence-corrected chi connectivity index (χ2v) is 13.5. The Morgan fingerprint density at radius 2 is 1.40 bits per heavy atom. The van der Waals surface area contributed by atoms with Crippen molar-refractivity contribution >= 4 is 16.9 Å². The van der Waals surface area contributed by atoms with Gasteiger partial charge in [-0.15, -0.1) is 0 Å². The molecule has 292 valence electrons. The summed E-state index contributed by atoms with van der Waals surface area (Å²) in [5.41, 5.74) is 20.6. The van der Waals surface area contributed by atoms with Crippen LogP contribution in [0.5, 0.6) is 0 Å². The lowest BCUT2D eigenvalue weighted by atomic mass is 9.98. The van der Waals surface area contributed by atoms with Crippen molar-refractivity contribution < 1.29 is 0 Å². The molecule has 3 nitrogen and oxygen atoms in total. The molecule has 1 aliphatic rings. The fourth-order valence-corrected chi connectivity index (χ4v) is 5.30. The zero-order valence-electron chi connectivity index (χ0n) is 36.7. The van der Waals surface area contributed by atoms with Crippen LogP contribution < -0.4 is 5.73 Å². The van der Waals surface area contributed by atoms with Crippen molar-refractivity contribution in [2.45, 2.75) is 168 Å². The van der Waals surface area contributed by atoms with E-state index in [0.29, 0.717) is 0 Å². The predicted octanol–water partition coefficient (Wildman–Crippen LogP) is 14.5. The standard InChI is InChI=1S/C16H23N3.C13H20.C12H18.C4H8.2C2H6/c1-6-7-18-13(5)14(9-17)16-8-12(4)15(10-19-16)11(2)3;1-4-6-7-13-9-8-11(3)10-12(13)5-2;1-4-6-12-8-7-11(5-2)9-10(12)3;1-4-2-3-4;2*1-2/h8-10H,2,6-7,17H2,1,3-5H3;8-10H,4-7H2,1-3H3;7-9H,4-6H2,1-3H3;4H,2-3H2,1H3;2*1-2H3/b14-9+,18-13?;;;;;. The van der Waals surface area contributed by atoms with Crippen LogP contribution in [0, 0.1) is 26.7 Å². The minimum atomic E-state index is 0.812. The third-order valence-electron chi connectivity index (χ3n) is 8.72. The van der Waals surface area contributed by atoms with E-state index in [0.717, 1.165) is 59.0 Å². The highest BCUT2D eigenvalue weighted by atomic mass is 14.8. The van der Waals surface area contributed by atoms with Gasteiger partial charge in [0.2, 0.25) is 0 Å². The summed E-state index contributed by atoms with van der Waals surface area (Å²) in [7, 11) is 0. The van der Waals surface area contributed by atoms with Crippen LogP contribution in [0.2, 0.25) is 0 Å². The number of aryl methyl sites for hydroxylation is 7. The number of pyridine rings is 1. The number of nitrogens with zero attached hydrogens (tertiary/aromatic N) is 2. The number of rotatable bonds is 12. The summed E-state index contributed by atoms with van der Waals surface area (Å²) >= 11 is 0. The molecule has 3 heteroatoms. The number of hydrogen-bond donors (Lipinski definition) is 1.